The van der Waals surface area contributed by atoms with Crippen molar-refractivity contribution in [3.05, 3.63) is 64.2 Å². The van der Waals surface area contributed by atoms with Gasteiger partial charge in [0.25, 0.3) is 11.6 Å². The third-order valence-corrected chi connectivity index (χ3v) is 6.72. The van der Waals surface area contributed by atoms with Crippen LogP contribution < -0.4 is 4.90 Å². The highest BCUT2D eigenvalue weighted by atomic mass is 32.2. The number of fused-ring (bicyclic) bond motifs is 1. The van der Waals surface area contributed by atoms with E-state index in [2.05, 4.69) is 4.98 Å². The third-order valence-electron chi connectivity index (χ3n) is 4.57. The molecule has 0 aliphatic heterocycles. The number of thiazole rings is 1. The standard InChI is InChI=1S/C21H22N4O5S2/c1-23(2)12-13-24(20(26)11-6-15-4-7-16(8-5-15)25(27)28)21-22-18-10-9-17(32(3,29)30)14-19(18)31-21/h4-11,14H,12-13H2,1-3H3. The third kappa shape index (κ3) is 5.75. The number of amides is 1. The van der Waals surface area contributed by atoms with Crippen LogP contribution in [0.25, 0.3) is 16.3 Å². The zero-order valence-electron chi connectivity index (χ0n) is 17.8. The van der Waals surface area contributed by atoms with Gasteiger partial charge in [-0.15, -0.1) is 0 Å². The molecule has 0 unspecified atom stereocenters. The maximum atomic E-state index is 13.0. The summed E-state index contributed by atoms with van der Waals surface area (Å²) in [6.45, 7) is 0.983. The van der Waals surface area contributed by atoms with Gasteiger partial charge >= 0.3 is 0 Å². The molecule has 0 fully saturated rings. The summed E-state index contributed by atoms with van der Waals surface area (Å²) in [5, 5.41) is 11.2. The average molecular weight is 475 g/mol. The first-order valence-electron chi connectivity index (χ1n) is 9.54. The molecule has 32 heavy (non-hydrogen) atoms. The van der Waals surface area contributed by atoms with Crippen LogP contribution >= 0.6 is 11.3 Å². The lowest BCUT2D eigenvalue weighted by Gasteiger charge is -2.20. The Morgan fingerprint density at radius 2 is 1.84 bits per heavy atom. The first kappa shape index (κ1) is 23.5. The van der Waals surface area contributed by atoms with Crippen molar-refractivity contribution in [1.82, 2.24) is 9.88 Å². The van der Waals surface area contributed by atoms with E-state index >= 15 is 0 Å². The van der Waals surface area contributed by atoms with Crippen molar-refractivity contribution < 1.29 is 18.1 Å². The Kier molecular flexibility index (Phi) is 7.02. The average Bonchev–Trinajstić information content (AvgIpc) is 3.14. The number of nitro benzene ring substituents is 1. The van der Waals surface area contributed by atoms with E-state index in [4.69, 9.17) is 0 Å². The minimum Gasteiger partial charge on any atom is -0.308 e. The summed E-state index contributed by atoms with van der Waals surface area (Å²) in [6.07, 6.45) is 4.13. The fourth-order valence-electron chi connectivity index (χ4n) is 2.80. The normalized spacial score (nSPS) is 12.0. The molecule has 0 radical (unpaired) electrons. The van der Waals surface area contributed by atoms with E-state index in [0.717, 1.165) is 6.26 Å². The number of non-ortho nitro benzene ring substituents is 1. The Morgan fingerprint density at radius 1 is 1.16 bits per heavy atom. The van der Waals surface area contributed by atoms with Crippen molar-refractivity contribution in [1.29, 1.82) is 0 Å². The summed E-state index contributed by atoms with van der Waals surface area (Å²) < 4.78 is 24.4. The van der Waals surface area contributed by atoms with Gasteiger partial charge in [0, 0.05) is 37.6 Å². The number of nitrogens with zero attached hydrogens (tertiary/aromatic N) is 4. The zero-order chi connectivity index (χ0) is 23.5. The summed E-state index contributed by atoms with van der Waals surface area (Å²) in [5.41, 5.74) is 1.24. The van der Waals surface area contributed by atoms with E-state index in [0.29, 0.717) is 34.0 Å². The molecule has 168 valence electrons. The SMILES string of the molecule is CN(C)CCN(C(=O)C=Cc1ccc([N+](=O)[O-])cc1)c1nc2ccc(S(C)(=O)=O)cc2s1. The molecule has 0 N–H and O–H groups in total. The van der Waals surface area contributed by atoms with Gasteiger partial charge in [-0.3, -0.25) is 19.8 Å². The summed E-state index contributed by atoms with van der Waals surface area (Å²) in [4.78, 5) is 31.5. The first-order valence-corrected chi connectivity index (χ1v) is 12.2. The van der Waals surface area contributed by atoms with Gasteiger partial charge in [0.1, 0.15) is 0 Å². The number of nitro groups is 1. The molecule has 0 spiro atoms. The van der Waals surface area contributed by atoms with E-state index in [1.54, 1.807) is 30.3 Å². The Balaban J connectivity index is 1.89. The van der Waals surface area contributed by atoms with E-state index in [1.807, 2.05) is 19.0 Å². The number of aromatic nitrogens is 1. The predicted octanol–water partition coefficient (Wildman–Crippen LogP) is 3.22. The van der Waals surface area contributed by atoms with Crippen LogP contribution in [0, 0.1) is 10.1 Å². The minimum atomic E-state index is -3.35. The number of carbonyl (C=O) groups is 1. The van der Waals surface area contributed by atoms with Crippen LogP contribution in [0.5, 0.6) is 0 Å². The second kappa shape index (κ2) is 9.55. The number of likely N-dealkylation sites (N-methyl/N-ethyl adjacent to an activating group) is 1. The number of hydrogen-bond donors (Lipinski definition) is 0. The number of anilines is 1. The second-order valence-electron chi connectivity index (χ2n) is 7.37. The first-order chi connectivity index (χ1) is 15.0. The maximum absolute atomic E-state index is 13.0. The van der Waals surface area contributed by atoms with Crippen molar-refractivity contribution >= 4 is 54.2 Å². The van der Waals surface area contributed by atoms with Crippen LogP contribution in [0.1, 0.15) is 5.56 Å². The van der Waals surface area contributed by atoms with Crippen LogP contribution in [-0.4, -0.2) is 62.6 Å². The topological polar surface area (TPSA) is 114 Å². The fourth-order valence-corrected chi connectivity index (χ4v) is 4.56. The van der Waals surface area contributed by atoms with Crippen molar-refractivity contribution in [2.24, 2.45) is 0 Å². The van der Waals surface area contributed by atoms with Crippen molar-refractivity contribution in [3.63, 3.8) is 0 Å². The molecule has 0 saturated carbocycles. The molecule has 3 aromatic rings. The lowest BCUT2D eigenvalue weighted by atomic mass is 10.2. The molecule has 0 saturated heterocycles. The van der Waals surface area contributed by atoms with E-state index in [9.17, 15) is 23.3 Å². The van der Waals surface area contributed by atoms with Crippen LogP contribution in [0.15, 0.2) is 53.4 Å². The van der Waals surface area contributed by atoms with Crippen molar-refractivity contribution in [2.45, 2.75) is 4.90 Å². The molecule has 1 aromatic heterocycles. The monoisotopic (exact) mass is 474 g/mol. The Hall–Kier alpha value is -3.15. The molecule has 0 bridgehead atoms. The number of benzene rings is 2. The van der Waals surface area contributed by atoms with Crippen LogP contribution in [0.4, 0.5) is 10.8 Å². The van der Waals surface area contributed by atoms with E-state index in [1.165, 1.54) is 40.5 Å². The van der Waals surface area contributed by atoms with Crippen molar-refractivity contribution in [3.8, 4) is 0 Å². The van der Waals surface area contributed by atoms with Gasteiger partial charge in [0.05, 0.1) is 20.0 Å². The molecule has 1 heterocycles. The molecule has 1 amide bonds. The fraction of sp³-hybridized carbons (Fsp3) is 0.238. The molecular formula is C21H22N4O5S2. The molecular weight excluding hydrogens is 452 g/mol. The Bertz CT molecular complexity index is 1280. The Labute approximate surface area is 189 Å². The highest BCUT2D eigenvalue weighted by molar-refractivity contribution is 7.90. The molecule has 2 aromatic carbocycles. The van der Waals surface area contributed by atoms with Gasteiger partial charge in [-0.1, -0.05) is 11.3 Å². The molecule has 0 atom stereocenters. The van der Waals surface area contributed by atoms with Gasteiger partial charge in [-0.05, 0) is 56.1 Å². The summed E-state index contributed by atoms with van der Waals surface area (Å²) >= 11 is 1.24. The maximum Gasteiger partial charge on any atom is 0.269 e. The summed E-state index contributed by atoms with van der Waals surface area (Å²) in [6, 6.07) is 10.6. The lowest BCUT2D eigenvalue weighted by molar-refractivity contribution is -0.384. The predicted molar refractivity (Wildman–Crippen MR) is 126 cm³/mol. The molecule has 9 nitrogen and oxygen atoms in total. The number of hydrogen-bond acceptors (Lipinski definition) is 8. The lowest BCUT2D eigenvalue weighted by Crippen LogP contribution is -2.35. The number of rotatable bonds is 8. The largest absolute Gasteiger partial charge is 0.308 e. The summed E-state index contributed by atoms with van der Waals surface area (Å²) in [7, 11) is 0.437. The van der Waals surface area contributed by atoms with Crippen LogP contribution in [0.2, 0.25) is 0 Å². The molecule has 11 heteroatoms. The van der Waals surface area contributed by atoms with Crippen LogP contribution in [-0.2, 0) is 14.6 Å². The smallest absolute Gasteiger partial charge is 0.269 e. The van der Waals surface area contributed by atoms with Gasteiger partial charge in [-0.2, -0.15) is 0 Å². The van der Waals surface area contributed by atoms with Gasteiger partial charge < -0.3 is 4.90 Å². The summed E-state index contributed by atoms with van der Waals surface area (Å²) in [5.74, 6) is -0.299. The Morgan fingerprint density at radius 3 is 2.44 bits per heavy atom. The quantitative estimate of drug-likeness (QED) is 0.280. The van der Waals surface area contributed by atoms with Crippen molar-refractivity contribution in [2.75, 3.05) is 38.3 Å². The van der Waals surface area contributed by atoms with Gasteiger partial charge in [0.2, 0.25) is 0 Å². The minimum absolute atomic E-state index is 0.0241. The van der Waals surface area contributed by atoms with Gasteiger partial charge in [-0.25, -0.2) is 13.4 Å². The highest BCUT2D eigenvalue weighted by Crippen LogP contribution is 2.31. The number of sulfone groups is 1. The van der Waals surface area contributed by atoms with E-state index in [-0.39, 0.29) is 16.5 Å². The molecule has 3 rings (SSSR count). The number of carbonyl (C=O) groups excluding carboxylic acids is 1. The highest BCUT2D eigenvalue weighted by Gasteiger charge is 2.19. The van der Waals surface area contributed by atoms with Crippen LogP contribution in [0.3, 0.4) is 0 Å². The van der Waals surface area contributed by atoms with Gasteiger partial charge in [0.15, 0.2) is 15.0 Å². The second-order valence-corrected chi connectivity index (χ2v) is 10.4. The van der Waals surface area contributed by atoms with E-state index < -0.39 is 14.8 Å². The molecule has 0 aliphatic rings. The molecule has 0 aliphatic carbocycles. The zero-order valence-corrected chi connectivity index (χ0v) is 19.4.